The highest BCUT2D eigenvalue weighted by molar-refractivity contribution is 5.80. The molecule has 0 spiro atoms. The van der Waals surface area contributed by atoms with Gasteiger partial charge in [0, 0.05) is 5.92 Å². The van der Waals surface area contributed by atoms with Crippen molar-refractivity contribution in [3.63, 3.8) is 0 Å². The van der Waals surface area contributed by atoms with Crippen LogP contribution in [-0.2, 0) is 9.53 Å². The monoisotopic (exact) mass is 414 g/mol. The van der Waals surface area contributed by atoms with E-state index in [-0.39, 0.29) is 20.3 Å². The Morgan fingerprint density at radius 3 is 1.78 bits per heavy atom. The second-order valence-electron chi connectivity index (χ2n) is 7.27. The summed E-state index contributed by atoms with van der Waals surface area (Å²) in [4.78, 5) is 12.3. The summed E-state index contributed by atoms with van der Waals surface area (Å²) in [5.74, 6) is -4.43. The zero-order chi connectivity index (χ0) is 21.3. The summed E-state index contributed by atoms with van der Waals surface area (Å²) in [7, 11) is 0. The molecule has 0 saturated heterocycles. The molecular weight excluding hydrogens is 399 g/mol. The van der Waals surface area contributed by atoms with Gasteiger partial charge in [0.05, 0.1) is 0 Å². The van der Waals surface area contributed by atoms with Crippen molar-refractivity contribution >= 4 is 5.97 Å². The van der Waals surface area contributed by atoms with Crippen LogP contribution in [0.4, 0.5) is 39.5 Å². The summed E-state index contributed by atoms with van der Waals surface area (Å²) in [6.07, 6.45) is -16.5. The number of halogens is 9. The number of aliphatic hydroxyl groups is 1. The first-order valence-electron chi connectivity index (χ1n) is 7.65. The molecule has 2 bridgehead atoms. The van der Waals surface area contributed by atoms with E-state index in [1.54, 1.807) is 0 Å². The molecule has 0 aromatic carbocycles. The molecule has 0 heterocycles. The first-order chi connectivity index (χ1) is 11.8. The summed E-state index contributed by atoms with van der Waals surface area (Å²) in [5.41, 5.74) is -12.6. The molecule has 0 radical (unpaired) electrons. The van der Waals surface area contributed by atoms with Gasteiger partial charge >= 0.3 is 24.5 Å². The number of hydrogen-bond acceptors (Lipinski definition) is 3. The second kappa shape index (κ2) is 5.77. The van der Waals surface area contributed by atoms with E-state index in [4.69, 9.17) is 0 Å². The lowest BCUT2D eigenvalue weighted by Crippen LogP contribution is -2.70. The quantitative estimate of drug-likeness (QED) is 0.426. The predicted molar refractivity (Wildman–Crippen MR) is 71.1 cm³/mol. The summed E-state index contributed by atoms with van der Waals surface area (Å²) < 4.78 is 123. The number of carbonyl (C=O) groups is 1. The number of carbonyl (C=O) groups excluding carboxylic acids is 1. The summed E-state index contributed by atoms with van der Waals surface area (Å²) in [6, 6.07) is 0. The maximum Gasteiger partial charge on any atom is 0.430 e. The maximum absolute atomic E-state index is 13.6. The lowest BCUT2D eigenvalue weighted by atomic mass is 9.74. The van der Waals surface area contributed by atoms with E-state index in [0.717, 1.165) is 6.08 Å². The zero-order valence-corrected chi connectivity index (χ0v) is 13.9. The third-order valence-corrected chi connectivity index (χ3v) is 5.30. The minimum absolute atomic E-state index is 0.0685. The molecule has 3 nitrogen and oxygen atoms in total. The molecule has 2 aliphatic carbocycles. The lowest BCUT2D eigenvalue weighted by Gasteiger charge is -2.45. The maximum atomic E-state index is 13.6. The van der Waals surface area contributed by atoms with Crippen LogP contribution in [0.15, 0.2) is 12.2 Å². The zero-order valence-electron chi connectivity index (χ0n) is 13.9. The van der Waals surface area contributed by atoms with Crippen molar-refractivity contribution < 1.29 is 54.2 Å². The van der Waals surface area contributed by atoms with E-state index in [2.05, 4.69) is 4.74 Å². The SMILES string of the molecule is CC(C)(OC(=O)C1(C(F)(F)F)CC2C=CC1C2)C(O)(C(F)(F)F)C(F)(F)F. The highest BCUT2D eigenvalue weighted by Gasteiger charge is 2.80. The van der Waals surface area contributed by atoms with Gasteiger partial charge in [-0.3, -0.25) is 4.79 Å². The Labute approximate surface area is 147 Å². The molecule has 156 valence electrons. The molecule has 27 heavy (non-hydrogen) atoms. The molecule has 2 rings (SSSR count). The van der Waals surface area contributed by atoms with Crippen molar-refractivity contribution in [2.45, 2.75) is 56.4 Å². The Kier molecular flexibility index (Phi) is 4.67. The Hall–Kier alpha value is -1.46. The largest absolute Gasteiger partial charge is 0.455 e. The smallest absolute Gasteiger partial charge is 0.430 e. The van der Waals surface area contributed by atoms with Crippen LogP contribution in [0.5, 0.6) is 0 Å². The number of ether oxygens (including phenoxy) is 1. The second-order valence-corrected chi connectivity index (χ2v) is 7.27. The van der Waals surface area contributed by atoms with Crippen molar-refractivity contribution in [3.05, 3.63) is 12.2 Å². The van der Waals surface area contributed by atoms with Crippen molar-refractivity contribution in [1.29, 1.82) is 0 Å². The molecule has 1 N–H and O–H groups in total. The van der Waals surface area contributed by atoms with Crippen LogP contribution in [0.2, 0.25) is 0 Å². The van der Waals surface area contributed by atoms with Gasteiger partial charge in [-0.25, -0.2) is 0 Å². The number of alkyl halides is 9. The normalized spacial score (nSPS) is 29.3. The minimum Gasteiger partial charge on any atom is -0.455 e. The first kappa shape index (κ1) is 21.8. The molecule has 12 heteroatoms. The standard InChI is InChI=1S/C15H15F9O3/c1-10(2,12(26,14(19,20)21)15(22,23)24)27-9(25)11(13(16,17)18)6-7-3-4-8(11)5-7/h3-4,7-8,26H,5-6H2,1-2H3. The molecule has 0 aliphatic heterocycles. The Bertz CT molecular complexity index is 630. The van der Waals surface area contributed by atoms with Crippen LogP contribution < -0.4 is 0 Å². The average molecular weight is 414 g/mol. The van der Waals surface area contributed by atoms with Crippen molar-refractivity contribution in [2.75, 3.05) is 0 Å². The van der Waals surface area contributed by atoms with Crippen LogP contribution in [-0.4, -0.2) is 40.8 Å². The van der Waals surface area contributed by atoms with Crippen molar-refractivity contribution in [1.82, 2.24) is 0 Å². The van der Waals surface area contributed by atoms with Gasteiger partial charge in [0.25, 0.3) is 5.60 Å². The summed E-state index contributed by atoms with van der Waals surface area (Å²) in [6.45, 7) is 0.137. The Morgan fingerprint density at radius 2 is 1.48 bits per heavy atom. The molecule has 3 unspecified atom stereocenters. The van der Waals surface area contributed by atoms with Crippen LogP contribution in [0, 0.1) is 17.3 Å². The van der Waals surface area contributed by atoms with E-state index in [9.17, 15) is 49.4 Å². The number of rotatable bonds is 3. The highest BCUT2D eigenvalue weighted by atomic mass is 19.4. The van der Waals surface area contributed by atoms with Crippen LogP contribution in [0.3, 0.4) is 0 Å². The molecule has 0 amide bonds. The first-order valence-corrected chi connectivity index (χ1v) is 7.65. The van der Waals surface area contributed by atoms with E-state index in [1.807, 2.05) is 0 Å². The van der Waals surface area contributed by atoms with Gasteiger partial charge in [-0.2, -0.15) is 39.5 Å². The topological polar surface area (TPSA) is 46.5 Å². The molecular formula is C15H15F9O3. The van der Waals surface area contributed by atoms with Gasteiger partial charge in [0.1, 0.15) is 0 Å². The van der Waals surface area contributed by atoms with Gasteiger partial charge < -0.3 is 9.84 Å². The Balaban J connectivity index is 2.47. The fraction of sp³-hybridized carbons (Fsp3) is 0.800. The minimum atomic E-state index is -6.37. The summed E-state index contributed by atoms with van der Waals surface area (Å²) in [5, 5.41) is 9.40. The number of allylic oxidation sites excluding steroid dienone is 2. The van der Waals surface area contributed by atoms with Gasteiger partial charge in [-0.1, -0.05) is 12.2 Å². The lowest BCUT2D eigenvalue weighted by molar-refractivity contribution is -0.408. The molecule has 1 saturated carbocycles. The Morgan fingerprint density at radius 1 is 1.00 bits per heavy atom. The van der Waals surface area contributed by atoms with E-state index in [0.29, 0.717) is 0 Å². The third kappa shape index (κ3) is 2.90. The molecule has 3 atom stereocenters. The van der Waals surface area contributed by atoms with E-state index < -0.39 is 59.4 Å². The summed E-state index contributed by atoms with van der Waals surface area (Å²) >= 11 is 0. The van der Waals surface area contributed by atoms with Crippen LogP contribution in [0.25, 0.3) is 0 Å². The van der Waals surface area contributed by atoms with Crippen LogP contribution >= 0.6 is 0 Å². The van der Waals surface area contributed by atoms with Gasteiger partial charge in [0.15, 0.2) is 11.0 Å². The number of hydrogen-bond donors (Lipinski definition) is 1. The molecule has 1 fully saturated rings. The van der Waals surface area contributed by atoms with Gasteiger partial charge in [-0.05, 0) is 32.6 Å². The van der Waals surface area contributed by atoms with Gasteiger partial charge in [0.2, 0.25) is 0 Å². The van der Waals surface area contributed by atoms with E-state index >= 15 is 0 Å². The average Bonchev–Trinajstić information content (AvgIpc) is 3.03. The van der Waals surface area contributed by atoms with Crippen LogP contribution in [0.1, 0.15) is 26.7 Å². The molecule has 0 aromatic rings. The number of esters is 1. The molecule has 0 aromatic heterocycles. The highest BCUT2D eigenvalue weighted by Crippen LogP contribution is 2.61. The van der Waals surface area contributed by atoms with E-state index in [1.165, 1.54) is 6.08 Å². The number of fused-ring (bicyclic) bond motifs is 2. The predicted octanol–water partition coefficient (Wildman–Crippen LogP) is 4.31. The fourth-order valence-corrected chi connectivity index (χ4v) is 3.77. The van der Waals surface area contributed by atoms with Crippen molar-refractivity contribution in [2.24, 2.45) is 17.3 Å². The van der Waals surface area contributed by atoms with Crippen molar-refractivity contribution in [3.8, 4) is 0 Å². The fourth-order valence-electron chi connectivity index (χ4n) is 3.77. The third-order valence-electron chi connectivity index (χ3n) is 5.30. The van der Waals surface area contributed by atoms with Gasteiger partial charge in [-0.15, -0.1) is 0 Å². The molecule has 2 aliphatic rings.